The molecule has 1 heterocycles. The molecule has 3 aromatic rings. The number of nitrogens with zero attached hydrogens (tertiary/aromatic N) is 2. The Balaban J connectivity index is 1.82. The Morgan fingerprint density at radius 2 is 1.74 bits per heavy atom. The second-order valence-corrected chi connectivity index (χ2v) is 14.1. The Bertz CT molecular complexity index is 1790. The maximum absolute atomic E-state index is 14.4. The summed E-state index contributed by atoms with van der Waals surface area (Å²) in [4.78, 5) is 33.1. The number of carbonyl (C=O) groups is 2. The van der Waals surface area contributed by atoms with E-state index in [4.69, 9.17) is 10.2 Å². The maximum Gasteiger partial charge on any atom is 0.297 e. The van der Waals surface area contributed by atoms with E-state index < -0.39 is 56.0 Å². The first-order valence-electron chi connectivity index (χ1n) is 16.7. The number of allylic oxidation sites excluding steroid dienone is 1. The number of benzene rings is 2. The van der Waals surface area contributed by atoms with Crippen LogP contribution < -0.4 is 15.8 Å². The van der Waals surface area contributed by atoms with E-state index in [-0.39, 0.29) is 36.2 Å². The molecule has 4 rings (SSSR count). The van der Waals surface area contributed by atoms with E-state index in [1.807, 2.05) is 45.0 Å². The Labute approximate surface area is 291 Å². The maximum atomic E-state index is 14.4. The molecule has 0 saturated heterocycles. The predicted molar refractivity (Wildman–Crippen MR) is 183 cm³/mol. The SMILES string of the molecule is CCCN(CCC)C(=O)C1=CC(NS(=O)(=O)c2cnco2)=CC(C(N)=O)([C@H](Cc2cc(F)cc(F)c2)[C@@H](O)CNCc2cccc(CC)c2)C1. The second kappa shape index (κ2) is 17.0. The molecule has 50 heavy (non-hydrogen) atoms. The van der Waals surface area contributed by atoms with Crippen molar-refractivity contribution in [2.45, 2.75) is 70.6 Å². The van der Waals surface area contributed by atoms with Gasteiger partial charge in [-0.15, -0.1) is 0 Å². The van der Waals surface area contributed by atoms with Crippen molar-refractivity contribution >= 4 is 21.8 Å². The van der Waals surface area contributed by atoms with Gasteiger partial charge in [-0.3, -0.25) is 14.3 Å². The Morgan fingerprint density at radius 3 is 2.34 bits per heavy atom. The lowest BCUT2D eigenvalue weighted by Gasteiger charge is -2.42. The van der Waals surface area contributed by atoms with Crippen molar-refractivity contribution in [2.24, 2.45) is 17.1 Å². The summed E-state index contributed by atoms with van der Waals surface area (Å²) in [7, 11) is -4.39. The number of hydrogen-bond acceptors (Lipinski definition) is 8. The van der Waals surface area contributed by atoms with Crippen LogP contribution in [0.4, 0.5) is 8.78 Å². The molecular weight excluding hydrogens is 668 g/mol. The average molecular weight is 714 g/mol. The number of nitrogens with two attached hydrogens (primary N) is 1. The zero-order valence-electron chi connectivity index (χ0n) is 28.5. The van der Waals surface area contributed by atoms with E-state index in [9.17, 15) is 31.9 Å². The molecule has 1 aliphatic carbocycles. The lowest BCUT2D eigenvalue weighted by Crippen LogP contribution is -2.52. The Morgan fingerprint density at radius 1 is 1.06 bits per heavy atom. The van der Waals surface area contributed by atoms with Crippen molar-refractivity contribution in [2.75, 3.05) is 19.6 Å². The lowest BCUT2D eigenvalue weighted by atomic mass is 9.63. The van der Waals surface area contributed by atoms with Crippen molar-refractivity contribution in [3.63, 3.8) is 0 Å². The zero-order valence-corrected chi connectivity index (χ0v) is 29.3. The standard InChI is InChI=1S/C36H45F2N5O6S/c1-4-10-43(11-5-2)34(45)27-16-30(42-50(47,48)33-22-41-23-49-33)19-36(18-27,35(39)46)31(15-26-13-28(37)17-29(38)14-26)32(44)21-40-20-25-9-7-8-24(6-3)12-25/h7-9,12-14,16-17,19,22-23,31-32,40,42,44H,4-6,10-11,15,18,20-21H2,1-3H3,(H2,39,46)/t31-,32+,36?/m1/s1. The summed E-state index contributed by atoms with van der Waals surface area (Å²) in [5, 5.41) is 14.5. The van der Waals surface area contributed by atoms with E-state index in [2.05, 4.69) is 15.0 Å². The van der Waals surface area contributed by atoms with Gasteiger partial charge in [0, 0.05) is 49.4 Å². The van der Waals surface area contributed by atoms with Crippen LogP contribution in [-0.2, 0) is 39.0 Å². The van der Waals surface area contributed by atoms with Crippen LogP contribution in [0.1, 0.15) is 56.7 Å². The van der Waals surface area contributed by atoms with Crippen LogP contribution in [0, 0.1) is 23.0 Å². The van der Waals surface area contributed by atoms with Gasteiger partial charge in [0.25, 0.3) is 15.1 Å². The van der Waals surface area contributed by atoms with E-state index >= 15 is 0 Å². The summed E-state index contributed by atoms with van der Waals surface area (Å²) in [5.41, 5.74) is 6.35. The molecule has 3 atom stereocenters. The van der Waals surface area contributed by atoms with Crippen molar-refractivity contribution in [3.05, 3.63) is 107 Å². The number of aryl methyl sites for hydroxylation is 1. The van der Waals surface area contributed by atoms with Gasteiger partial charge in [0.15, 0.2) is 6.39 Å². The van der Waals surface area contributed by atoms with Crippen molar-refractivity contribution < 1.29 is 36.3 Å². The molecule has 0 radical (unpaired) electrons. The number of carbonyl (C=O) groups excluding carboxylic acids is 2. The number of oxazole rings is 1. The number of aliphatic hydroxyl groups is 1. The van der Waals surface area contributed by atoms with Crippen molar-refractivity contribution in [3.8, 4) is 0 Å². The highest BCUT2D eigenvalue weighted by molar-refractivity contribution is 7.89. The van der Waals surface area contributed by atoms with Gasteiger partial charge in [-0.25, -0.2) is 13.8 Å². The highest BCUT2D eigenvalue weighted by atomic mass is 32.2. The first-order chi connectivity index (χ1) is 23.8. The molecule has 1 aliphatic rings. The number of nitrogens with one attached hydrogen (secondary N) is 2. The number of rotatable bonds is 18. The Kier molecular flexibility index (Phi) is 13.1. The zero-order chi connectivity index (χ0) is 36.5. The van der Waals surface area contributed by atoms with Gasteiger partial charge in [0.1, 0.15) is 11.6 Å². The first-order valence-corrected chi connectivity index (χ1v) is 18.2. The van der Waals surface area contributed by atoms with E-state index in [1.54, 1.807) is 4.90 Å². The highest BCUT2D eigenvalue weighted by Crippen LogP contribution is 2.44. The number of amides is 2. The highest BCUT2D eigenvalue weighted by Gasteiger charge is 2.49. The van der Waals surface area contributed by atoms with Crippen LogP contribution in [0.25, 0.3) is 0 Å². The minimum Gasteiger partial charge on any atom is -0.430 e. The van der Waals surface area contributed by atoms with Gasteiger partial charge in [-0.2, -0.15) is 8.42 Å². The minimum absolute atomic E-state index is 0.0652. The smallest absolute Gasteiger partial charge is 0.297 e. The van der Waals surface area contributed by atoms with Gasteiger partial charge in [0.2, 0.25) is 11.8 Å². The molecule has 1 unspecified atom stereocenters. The predicted octanol–water partition coefficient (Wildman–Crippen LogP) is 4.14. The summed E-state index contributed by atoms with van der Waals surface area (Å²) in [6, 6.07) is 10.8. The second-order valence-electron chi connectivity index (χ2n) is 12.5. The third kappa shape index (κ3) is 9.43. The van der Waals surface area contributed by atoms with Gasteiger partial charge in [-0.1, -0.05) is 45.0 Å². The fourth-order valence-corrected chi connectivity index (χ4v) is 7.31. The third-order valence-electron chi connectivity index (χ3n) is 8.75. The van der Waals surface area contributed by atoms with E-state index in [0.717, 1.165) is 42.3 Å². The fourth-order valence-electron chi connectivity index (χ4n) is 6.41. The quantitative estimate of drug-likeness (QED) is 0.153. The number of sulfonamides is 1. The number of halogens is 2. The average Bonchev–Trinajstić information content (AvgIpc) is 3.63. The molecule has 0 spiro atoms. The van der Waals surface area contributed by atoms with Crippen molar-refractivity contribution in [1.29, 1.82) is 0 Å². The Hall–Kier alpha value is -4.40. The molecule has 0 aliphatic heterocycles. The van der Waals surface area contributed by atoms with Crippen LogP contribution >= 0.6 is 0 Å². The summed E-state index contributed by atoms with van der Waals surface area (Å²) >= 11 is 0. The minimum atomic E-state index is -4.39. The molecule has 2 amide bonds. The molecule has 0 bridgehead atoms. The van der Waals surface area contributed by atoms with Crippen molar-refractivity contribution in [1.82, 2.24) is 19.9 Å². The molecule has 0 fully saturated rings. The fraction of sp³-hybridized carbons (Fsp3) is 0.417. The molecule has 0 saturated carbocycles. The largest absolute Gasteiger partial charge is 0.430 e. The monoisotopic (exact) mass is 713 g/mol. The molecule has 2 aromatic carbocycles. The number of hydrogen-bond donors (Lipinski definition) is 4. The summed E-state index contributed by atoms with van der Waals surface area (Å²) in [6.45, 7) is 6.93. The number of aromatic nitrogens is 1. The van der Waals surface area contributed by atoms with Crippen LogP contribution in [0.15, 0.2) is 88.0 Å². The third-order valence-corrected chi connectivity index (χ3v) is 9.98. The van der Waals surface area contributed by atoms with Crippen LogP contribution in [0.5, 0.6) is 0 Å². The molecule has 270 valence electrons. The number of aliphatic hydroxyl groups excluding tert-OH is 1. The molecule has 14 heteroatoms. The first kappa shape index (κ1) is 38.4. The summed E-state index contributed by atoms with van der Waals surface area (Å²) < 4.78 is 62.8. The normalized spacial score (nSPS) is 17.4. The topological polar surface area (TPSA) is 168 Å². The summed E-state index contributed by atoms with van der Waals surface area (Å²) in [5.74, 6) is -4.33. The lowest BCUT2D eigenvalue weighted by molar-refractivity contribution is -0.132. The van der Waals surface area contributed by atoms with Gasteiger partial charge in [0.05, 0.1) is 17.7 Å². The van der Waals surface area contributed by atoms with Gasteiger partial charge >= 0.3 is 0 Å². The van der Waals surface area contributed by atoms with Gasteiger partial charge < -0.3 is 25.5 Å². The van der Waals surface area contributed by atoms with Crippen LogP contribution in [0.2, 0.25) is 0 Å². The van der Waals surface area contributed by atoms with Gasteiger partial charge in [-0.05, 0) is 73.1 Å². The molecular formula is C36H45F2N5O6S. The van der Waals surface area contributed by atoms with E-state index in [1.165, 1.54) is 12.2 Å². The number of primary amides is 1. The van der Waals surface area contributed by atoms with Crippen LogP contribution in [-0.4, -0.2) is 61.0 Å². The van der Waals surface area contributed by atoms with Crippen LogP contribution in [0.3, 0.4) is 0 Å². The molecule has 11 nitrogen and oxygen atoms in total. The molecule has 1 aromatic heterocycles. The van der Waals surface area contributed by atoms with E-state index in [0.29, 0.717) is 38.5 Å². The summed E-state index contributed by atoms with van der Waals surface area (Å²) in [6.07, 6.45) is 4.71. The molecule has 5 N–H and O–H groups in total.